The molecule has 2 unspecified atom stereocenters. The smallest absolute Gasteiger partial charge is 0.120 e. The predicted octanol–water partition coefficient (Wildman–Crippen LogP) is 1.58. The molecule has 0 aliphatic carbocycles. The third kappa shape index (κ3) is 2.37. The highest BCUT2D eigenvalue weighted by Crippen LogP contribution is 2.34. The number of nitrogens with zero attached hydrogens (tertiary/aromatic N) is 1. The first kappa shape index (κ1) is 12.2. The minimum absolute atomic E-state index is 0.0816. The molecule has 1 aliphatic rings. The summed E-state index contributed by atoms with van der Waals surface area (Å²) >= 11 is 0. The number of rotatable bonds is 3. The lowest BCUT2D eigenvalue weighted by Crippen LogP contribution is -2.37. The van der Waals surface area contributed by atoms with Crippen LogP contribution in [0.25, 0.3) is 0 Å². The average Bonchev–Trinajstić information content (AvgIpc) is 2.79. The highest BCUT2D eigenvalue weighted by Gasteiger charge is 2.29. The van der Waals surface area contributed by atoms with Crippen molar-refractivity contribution in [3.63, 3.8) is 0 Å². The zero-order chi connectivity index (χ0) is 12.4. The molecule has 0 spiro atoms. The highest BCUT2D eigenvalue weighted by atomic mass is 16.3. The third-order valence-electron chi connectivity index (χ3n) is 3.65. The van der Waals surface area contributed by atoms with Crippen LogP contribution in [0.15, 0.2) is 18.2 Å². The number of phenols is 2. The minimum Gasteiger partial charge on any atom is -0.508 e. The molecule has 2 rings (SSSR count). The van der Waals surface area contributed by atoms with Crippen LogP contribution < -0.4 is 5.73 Å². The quantitative estimate of drug-likeness (QED) is 0.697. The van der Waals surface area contributed by atoms with Crippen LogP contribution in [-0.4, -0.2) is 34.2 Å². The zero-order valence-corrected chi connectivity index (χ0v) is 10.1. The maximum Gasteiger partial charge on any atom is 0.120 e. The van der Waals surface area contributed by atoms with E-state index in [2.05, 4.69) is 4.90 Å². The van der Waals surface area contributed by atoms with Crippen molar-refractivity contribution in [3.8, 4) is 11.5 Å². The van der Waals surface area contributed by atoms with Crippen molar-refractivity contribution >= 4 is 0 Å². The summed E-state index contributed by atoms with van der Waals surface area (Å²) in [6.07, 6.45) is 2.26. The normalized spacial score (nSPS) is 22.8. The first-order valence-corrected chi connectivity index (χ1v) is 6.11. The summed E-state index contributed by atoms with van der Waals surface area (Å²) in [5.41, 5.74) is 6.52. The van der Waals surface area contributed by atoms with Crippen molar-refractivity contribution in [1.82, 2.24) is 4.90 Å². The number of likely N-dealkylation sites (tertiary alicyclic amines) is 1. The van der Waals surface area contributed by atoms with E-state index in [0.717, 1.165) is 24.9 Å². The first-order valence-electron chi connectivity index (χ1n) is 6.11. The van der Waals surface area contributed by atoms with Crippen LogP contribution in [-0.2, 0) is 0 Å². The molecule has 0 radical (unpaired) electrons. The Balaban J connectivity index is 2.24. The second-order valence-corrected chi connectivity index (χ2v) is 4.69. The van der Waals surface area contributed by atoms with Gasteiger partial charge in [-0.2, -0.15) is 0 Å². The molecule has 1 aromatic rings. The van der Waals surface area contributed by atoms with Gasteiger partial charge in [0.2, 0.25) is 0 Å². The Labute approximate surface area is 102 Å². The van der Waals surface area contributed by atoms with Crippen LogP contribution in [0, 0.1) is 0 Å². The van der Waals surface area contributed by atoms with Crippen molar-refractivity contribution in [2.45, 2.75) is 31.8 Å². The van der Waals surface area contributed by atoms with Gasteiger partial charge in [0.1, 0.15) is 11.5 Å². The Kier molecular flexibility index (Phi) is 3.54. The predicted molar refractivity (Wildman–Crippen MR) is 67.0 cm³/mol. The van der Waals surface area contributed by atoms with Crippen molar-refractivity contribution in [2.24, 2.45) is 5.73 Å². The van der Waals surface area contributed by atoms with E-state index in [1.54, 1.807) is 6.07 Å². The topological polar surface area (TPSA) is 69.7 Å². The van der Waals surface area contributed by atoms with Gasteiger partial charge in [0.25, 0.3) is 0 Å². The molecule has 4 N–H and O–H groups in total. The first-order chi connectivity index (χ1) is 8.13. The Morgan fingerprint density at radius 1 is 1.47 bits per heavy atom. The van der Waals surface area contributed by atoms with E-state index in [1.807, 2.05) is 6.92 Å². The van der Waals surface area contributed by atoms with Gasteiger partial charge in [-0.15, -0.1) is 0 Å². The molecule has 1 fully saturated rings. The molecule has 1 aromatic carbocycles. The monoisotopic (exact) mass is 236 g/mol. The fraction of sp³-hybridized carbons (Fsp3) is 0.538. The summed E-state index contributed by atoms with van der Waals surface area (Å²) in [6, 6.07) is 5.13. The maximum absolute atomic E-state index is 9.86. The number of hydrogen-bond donors (Lipinski definition) is 3. The Bertz CT molecular complexity index is 395. The molecule has 4 heteroatoms. The van der Waals surface area contributed by atoms with Gasteiger partial charge in [-0.1, -0.05) is 0 Å². The Morgan fingerprint density at radius 2 is 2.24 bits per heavy atom. The molecule has 17 heavy (non-hydrogen) atoms. The fourth-order valence-corrected chi connectivity index (χ4v) is 2.68. The molecule has 0 amide bonds. The van der Waals surface area contributed by atoms with Gasteiger partial charge >= 0.3 is 0 Å². The van der Waals surface area contributed by atoms with Crippen molar-refractivity contribution in [1.29, 1.82) is 0 Å². The standard InChI is InChI=1S/C13H20N2O2/c1-9(15-6-2-3-10(15)8-14)12-7-11(16)4-5-13(12)17/h4-5,7,9-10,16-17H,2-3,6,8,14H2,1H3. The van der Waals surface area contributed by atoms with Crippen LogP contribution in [0.2, 0.25) is 0 Å². The maximum atomic E-state index is 9.86. The van der Waals surface area contributed by atoms with Gasteiger partial charge in [-0.3, -0.25) is 4.90 Å². The lowest BCUT2D eigenvalue weighted by molar-refractivity contribution is 0.193. The highest BCUT2D eigenvalue weighted by molar-refractivity contribution is 5.40. The molecule has 1 saturated heterocycles. The Hall–Kier alpha value is -1.26. The molecular weight excluding hydrogens is 216 g/mol. The molecule has 0 saturated carbocycles. The molecule has 0 aromatic heterocycles. The number of hydrogen-bond acceptors (Lipinski definition) is 4. The second kappa shape index (κ2) is 4.94. The van der Waals surface area contributed by atoms with Crippen LogP contribution in [0.4, 0.5) is 0 Å². The van der Waals surface area contributed by atoms with Crippen LogP contribution in [0.1, 0.15) is 31.4 Å². The van der Waals surface area contributed by atoms with Crippen molar-refractivity contribution < 1.29 is 10.2 Å². The second-order valence-electron chi connectivity index (χ2n) is 4.69. The number of nitrogens with two attached hydrogens (primary N) is 1. The zero-order valence-electron chi connectivity index (χ0n) is 10.1. The van der Waals surface area contributed by atoms with E-state index in [9.17, 15) is 10.2 Å². The Morgan fingerprint density at radius 3 is 2.94 bits per heavy atom. The van der Waals surface area contributed by atoms with Crippen molar-refractivity contribution in [2.75, 3.05) is 13.1 Å². The number of phenolic OH excluding ortho intramolecular Hbond substituents is 2. The largest absolute Gasteiger partial charge is 0.508 e. The molecule has 4 nitrogen and oxygen atoms in total. The van der Waals surface area contributed by atoms with Crippen molar-refractivity contribution in [3.05, 3.63) is 23.8 Å². The van der Waals surface area contributed by atoms with E-state index in [4.69, 9.17) is 5.73 Å². The van der Waals surface area contributed by atoms with E-state index >= 15 is 0 Å². The third-order valence-corrected chi connectivity index (χ3v) is 3.65. The summed E-state index contributed by atoms with van der Waals surface area (Å²) < 4.78 is 0. The molecule has 1 heterocycles. The van der Waals surface area contributed by atoms with Crippen LogP contribution in [0.3, 0.4) is 0 Å². The summed E-state index contributed by atoms with van der Waals surface area (Å²) in [6.45, 7) is 3.69. The van der Waals surface area contributed by atoms with Gasteiger partial charge in [-0.25, -0.2) is 0 Å². The lowest BCUT2D eigenvalue weighted by Gasteiger charge is -2.30. The van der Waals surface area contributed by atoms with Gasteiger partial charge in [0, 0.05) is 24.2 Å². The molecule has 94 valence electrons. The van der Waals surface area contributed by atoms with E-state index in [0.29, 0.717) is 12.6 Å². The minimum atomic E-state index is 0.0816. The summed E-state index contributed by atoms with van der Waals surface area (Å²) in [7, 11) is 0. The van der Waals surface area contributed by atoms with Gasteiger partial charge in [0.05, 0.1) is 0 Å². The fourth-order valence-electron chi connectivity index (χ4n) is 2.68. The SMILES string of the molecule is CC(c1cc(O)ccc1O)N1CCCC1CN. The van der Waals surface area contributed by atoms with Gasteiger partial charge in [-0.05, 0) is 44.5 Å². The van der Waals surface area contributed by atoms with Gasteiger partial charge < -0.3 is 15.9 Å². The summed E-state index contributed by atoms with van der Waals surface area (Å²) in [4.78, 5) is 2.30. The van der Waals surface area contributed by atoms with Crippen LogP contribution >= 0.6 is 0 Å². The number of benzene rings is 1. The van der Waals surface area contributed by atoms with Crippen LogP contribution in [0.5, 0.6) is 11.5 Å². The summed E-state index contributed by atoms with van der Waals surface area (Å²) in [5, 5.41) is 19.4. The molecule has 2 atom stereocenters. The van der Waals surface area contributed by atoms with Gasteiger partial charge in [0.15, 0.2) is 0 Å². The average molecular weight is 236 g/mol. The molecular formula is C13H20N2O2. The van der Waals surface area contributed by atoms with E-state index < -0.39 is 0 Å². The van der Waals surface area contributed by atoms with E-state index in [1.165, 1.54) is 12.1 Å². The summed E-state index contributed by atoms with van der Waals surface area (Å²) in [5.74, 6) is 0.422. The molecule has 1 aliphatic heterocycles. The van der Waals surface area contributed by atoms with E-state index in [-0.39, 0.29) is 17.5 Å². The molecule has 0 bridgehead atoms. The number of aromatic hydroxyl groups is 2. The lowest BCUT2D eigenvalue weighted by atomic mass is 10.0.